The van der Waals surface area contributed by atoms with Crippen LogP contribution in [0.1, 0.15) is 51.4 Å². The summed E-state index contributed by atoms with van der Waals surface area (Å²) in [4.78, 5) is 17.3. The van der Waals surface area contributed by atoms with E-state index >= 15 is 0 Å². The molecule has 1 amide bonds. The van der Waals surface area contributed by atoms with E-state index in [2.05, 4.69) is 20.3 Å². The van der Waals surface area contributed by atoms with Crippen LogP contribution in [0.4, 0.5) is 5.82 Å². The number of fused-ring (bicyclic) bond motifs is 1. The lowest BCUT2D eigenvalue weighted by Crippen LogP contribution is -2.47. The average Bonchev–Trinajstić information content (AvgIpc) is 3.27. The number of nitrogens with zero attached hydrogens (tertiary/aromatic N) is 3. The standard InChI is InChI=1S/C26H36Cl2N4O3/c27-22-16-21-24(17-23(22)28)35-30-26(21)32-11-9-31(10-12-32)8-5-18-1-3-20(4-2-18)29-25(33)15-19-6-13-34-14-7-19/h16-20H,1-15H2,(H,29,33). The lowest BCUT2D eigenvalue weighted by Gasteiger charge is -2.36. The summed E-state index contributed by atoms with van der Waals surface area (Å²) in [5, 5.41) is 9.52. The Balaban J connectivity index is 1.00. The zero-order valence-corrected chi connectivity index (χ0v) is 21.8. The SMILES string of the molecule is O=C(CC1CCOCC1)NC1CCC(CCN2CCN(c3noc4cc(Cl)c(Cl)cc34)CC2)CC1. The molecule has 0 unspecified atom stereocenters. The number of nitrogens with one attached hydrogen (secondary N) is 1. The predicted molar refractivity (Wildman–Crippen MR) is 139 cm³/mol. The molecule has 7 nitrogen and oxygen atoms in total. The summed E-state index contributed by atoms with van der Waals surface area (Å²) in [5.41, 5.74) is 0.673. The average molecular weight is 524 g/mol. The Bertz CT molecular complexity index is 994. The number of hydrogen-bond acceptors (Lipinski definition) is 6. The lowest BCUT2D eigenvalue weighted by molar-refractivity contribution is -0.123. The summed E-state index contributed by atoms with van der Waals surface area (Å²) in [5.74, 6) is 2.36. The maximum absolute atomic E-state index is 12.4. The number of amides is 1. The number of benzene rings is 1. The van der Waals surface area contributed by atoms with Gasteiger partial charge < -0.3 is 19.5 Å². The van der Waals surface area contributed by atoms with Crippen LogP contribution in [0.2, 0.25) is 10.0 Å². The highest BCUT2D eigenvalue weighted by Crippen LogP contribution is 2.34. The highest BCUT2D eigenvalue weighted by molar-refractivity contribution is 6.42. The smallest absolute Gasteiger partial charge is 0.220 e. The molecule has 1 N–H and O–H groups in total. The van der Waals surface area contributed by atoms with Crippen LogP contribution in [0, 0.1) is 11.8 Å². The van der Waals surface area contributed by atoms with Gasteiger partial charge in [-0.1, -0.05) is 28.4 Å². The van der Waals surface area contributed by atoms with Gasteiger partial charge in [0.1, 0.15) is 0 Å². The molecule has 35 heavy (non-hydrogen) atoms. The third kappa shape index (κ3) is 6.43. The number of piperazine rings is 1. The lowest BCUT2D eigenvalue weighted by atomic mass is 9.83. The first-order valence-electron chi connectivity index (χ1n) is 13.1. The molecular formula is C26H36Cl2N4O3. The van der Waals surface area contributed by atoms with E-state index in [0.717, 1.165) is 88.7 Å². The number of rotatable bonds is 7. The van der Waals surface area contributed by atoms with E-state index < -0.39 is 0 Å². The fraction of sp³-hybridized carbons (Fsp3) is 0.692. The Morgan fingerprint density at radius 3 is 2.43 bits per heavy atom. The number of hydrogen-bond donors (Lipinski definition) is 1. The largest absolute Gasteiger partial charge is 0.381 e. The van der Waals surface area contributed by atoms with Crippen molar-refractivity contribution in [2.24, 2.45) is 11.8 Å². The van der Waals surface area contributed by atoms with Crippen LogP contribution in [0.3, 0.4) is 0 Å². The van der Waals surface area contributed by atoms with Gasteiger partial charge in [0.25, 0.3) is 0 Å². The Morgan fingerprint density at radius 2 is 1.69 bits per heavy atom. The fourth-order valence-corrected chi connectivity index (χ4v) is 6.11. The maximum atomic E-state index is 12.4. The maximum Gasteiger partial charge on any atom is 0.220 e. The summed E-state index contributed by atoms with van der Waals surface area (Å²) >= 11 is 12.3. The van der Waals surface area contributed by atoms with E-state index in [0.29, 0.717) is 34.0 Å². The number of carbonyl (C=O) groups excluding carboxylic acids is 1. The molecule has 3 heterocycles. The molecule has 192 valence electrons. The summed E-state index contributed by atoms with van der Waals surface area (Å²) in [7, 11) is 0. The molecule has 1 aliphatic carbocycles. The van der Waals surface area contributed by atoms with Crippen LogP contribution in [-0.2, 0) is 9.53 Å². The summed E-state index contributed by atoms with van der Waals surface area (Å²) < 4.78 is 10.9. The number of aromatic nitrogens is 1. The molecule has 5 rings (SSSR count). The minimum atomic E-state index is 0.239. The Labute approximate surface area is 217 Å². The van der Waals surface area contributed by atoms with E-state index in [4.69, 9.17) is 32.5 Å². The zero-order valence-electron chi connectivity index (χ0n) is 20.3. The molecular weight excluding hydrogens is 487 g/mol. The Hall–Kier alpha value is -1.54. The van der Waals surface area contributed by atoms with Crippen molar-refractivity contribution in [1.82, 2.24) is 15.4 Å². The van der Waals surface area contributed by atoms with Gasteiger partial charge in [-0.15, -0.1) is 0 Å². The second-order valence-electron chi connectivity index (χ2n) is 10.4. The van der Waals surface area contributed by atoms with E-state index in [1.807, 2.05) is 6.07 Å². The van der Waals surface area contributed by atoms with Crippen LogP contribution in [-0.4, -0.2) is 67.9 Å². The van der Waals surface area contributed by atoms with Crippen molar-refractivity contribution in [2.45, 2.75) is 57.4 Å². The van der Waals surface area contributed by atoms with Gasteiger partial charge in [0.05, 0.1) is 15.4 Å². The van der Waals surface area contributed by atoms with Gasteiger partial charge >= 0.3 is 0 Å². The van der Waals surface area contributed by atoms with Crippen molar-refractivity contribution in [3.8, 4) is 0 Å². The van der Waals surface area contributed by atoms with Gasteiger partial charge in [-0.05, 0) is 69.4 Å². The van der Waals surface area contributed by atoms with Crippen LogP contribution in [0.5, 0.6) is 0 Å². The molecule has 0 atom stereocenters. The van der Waals surface area contributed by atoms with E-state index in [1.165, 1.54) is 19.3 Å². The van der Waals surface area contributed by atoms with Crippen LogP contribution < -0.4 is 10.2 Å². The van der Waals surface area contributed by atoms with Crippen molar-refractivity contribution in [1.29, 1.82) is 0 Å². The molecule has 1 aromatic carbocycles. The fourth-order valence-electron chi connectivity index (χ4n) is 5.79. The Kier molecular flexibility index (Phi) is 8.38. The minimum Gasteiger partial charge on any atom is -0.381 e. The first-order chi connectivity index (χ1) is 17.0. The molecule has 0 radical (unpaired) electrons. The predicted octanol–water partition coefficient (Wildman–Crippen LogP) is 5.14. The second kappa shape index (κ2) is 11.7. The first kappa shape index (κ1) is 25.1. The molecule has 2 aliphatic heterocycles. The van der Waals surface area contributed by atoms with Crippen molar-refractivity contribution in [3.05, 3.63) is 22.2 Å². The minimum absolute atomic E-state index is 0.239. The summed E-state index contributed by atoms with van der Waals surface area (Å²) in [6.07, 6.45) is 8.62. The van der Waals surface area contributed by atoms with Gasteiger partial charge in [-0.2, -0.15) is 0 Å². The van der Waals surface area contributed by atoms with Crippen LogP contribution >= 0.6 is 23.2 Å². The highest BCUT2D eigenvalue weighted by Gasteiger charge is 2.26. The zero-order chi connectivity index (χ0) is 24.2. The van der Waals surface area contributed by atoms with Crippen LogP contribution in [0.15, 0.2) is 16.7 Å². The molecule has 1 aromatic heterocycles. The molecule has 2 aromatic rings. The molecule has 0 bridgehead atoms. The van der Waals surface area contributed by atoms with Gasteiger partial charge in [-0.3, -0.25) is 9.69 Å². The van der Waals surface area contributed by atoms with Gasteiger partial charge in [0, 0.05) is 57.9 Å². The van der Waals surface area contributed by atoms with E-state index in [9.17, 15) is 4.79 Å². The van der Waals surface area contributed by atoms with Gasteiger partial charge in [0.15, 0.2) is 11.4 Å². The normalized spacial score (nSPS) is 24.7. The third-order valence-corrected chi connectivity index (χ3v) is 8.77. The van der Waals surface area contributed by atoms with Crippen molar-refractivity contribution in [3.63, 3.8) is 0 Å². The number of carbonyl (C=O) groups is 1. The van der Waals surface area contributed by atoms with Crippen molar-refractivity contribution in [2.75, 3.05) is 50.8 Å². The van der Waals surface area contributed by atoms with Gasteiger partial charge in [0.2, 0.25) is 5.91 Å². The summed E-state index contributed by atoms with van der Waals surface area (Å²) in [6, 6.07) is 3.95. The third-order valence-electron chi connectivity index (χ3n) is 8.05. The molecule has 3 fully saturated rings. The topological polar surface area (TPSA) is 70.8 Å². The van der Waals surface area contributed by atoms with Crippen molar-refractivity contribution < 1.29 is 14.1 Å². The van der Waals surface area contributed by atoms with E-state index in [-0.39, 0.29) is 5.91 Å². The summed E-state index contributed by atoms with van der Waals surface area (Å²) in [6.45, 7) is 6.64. The quantitative estimate of drug-likeness (QED) is 0.542. The van der Waals surface area contributed by atoms with Crippen molar-refractivity contribution >= 4 is 45.9 Å². The Morgan fingerprint density at radius 1 is 0.971 bits per heavy atom. The number of ether oxygens (including phenoxy) is 1. The number of halogens is 2. The molecule has 2 saturated heterocycles. The highest BCUT2D eigenvalue weighted by atomic mass is 35.5. The molecule has 0 spiro atoms. The monoisotopic (exact) mass is 522 g/mol. The van der Waals surface area contributed by atoms with Crippen LogP contribution in [0.25, 0.3) is 11.0 Å². The molecule has 1 saturated carbocycles. The molecule has 3 aliphatic rings. The number of anilines is 1. The molecule has 9 heteroatoms. The first-order valence-corrected chi connectivity index (χ1v) is 13.9. The second-order valence-corrected chi connectivity index (χ2v) is 11.2. The van der Waals surface area contributed by atoms with Gasteiger partial charge in [-0.25, -0.2) is 0 Å². The van der Waals surface area contributed by atoms with E-state index in [1.54, 1.807) is 6.07 Å².